The van der Waals surface area contributed by atoms with Crippen LogP contribution in [0.25, 0.3) is 0 Å². The molecular formula is C11H22N2O3. The summed E-state index contributed by atoms with van der Waals surface area (Å²) in [4.78, 5) is 21.9. The van der Waals surface area contributed by atoms with E-state index in [1.165, 1.54) is 0 Å². The molecule has 3 N–H and O–H groups in total. The number of hydrogen-bond donors (Lipinski definition) is 2. The highest BCUT2D eigenvalue weighted by Gasteiger charge is 2.16. The molecule has 0 aliphatic rings. The summed E-state index contributed by atoms with van der Waals surface area (Å²) in [5, 5.41) is 3.03. The summed E-state index contributed by atoms with van der Waals surface area (Å²) >= 11 is 0. The Balaban J connectivity index is 3.66. The largest absolute Gasteiger partial charge is 0.460 e. The van der Waals surface area contributed by atoms with Gasteiger partial charge >= 0.3 is 5.97 Å². The van der Waals surface area contributed by atoms with E-state index in [1.54, 1.807) is 0 Å². The molecule has 0 aliphatic heterocycles. The molecule has 0 saturated heterocycles. The van der Waals surface area contributed by atoms with Crippen molar-refractivity contribution >= 4 is 11.9 Å². The van der Waals surface area contributed by atoms with Crippen LogP contribution in [0.2, 0.25) is 0 Å². The highest BCUT2D eigenvalue weighted by molar-refractivity contribution is 5.74. The predicted molar refractivity (Wildman–Crippen MR) is 61.7 cm³/mol. The third-order valence-electron chi connectivity index (χ3n) is 1.75. The first kappa shape index (κ1) is 14.9. The summed E-state index contributed by atoms with van der Waals surface area (Å²) in [7, 11) is 0. The van der Waals surface area contributed by atoms with Crippen molar-refractivity contribution in [1.82, 2.24) is 5.32 Å². The summed E-state index contributed by atoms with van der Waals surface area (Å²) in [5.74, 6) is -0.594. The summed E-state index contributed by atoms with van der Waals surface area (Å²) in [6.07, 6.45) is 0.564. The number of amides is 1. The fraction of sp³-hybridized carbons (Fsp3) is 0.818. The fourth-order valence-corrected chi connectivity index (χ4v) is 1.19. The van der Waals surface area contributed by atoms with Gasteiger partial charge in [0.05, 0.1) is 6.42 Å². The standard InChI is InChI=1S/C11H22N2O3/c1-8(7-9(12)14)13-6-5-10(15)16-11(2,3)4/h8,13H,5-7H2,1-4H3,(H2,12,14). The average Bonchev–Trinajstić information content (AvgIpc) is 1.98. The van der Waals surface area contributed by atoms with Gasteiger partial charge in [-0.15, -0.1) is 0 Å². The van der Waals surface area contributed by atoms with Crippen molar-refractivity contribution in [2.24, 2.45) is 5.73 Å². The quantitative estimate of drug-likeness (QED) is 0.654. The molecule has 5 heteroatoms. The molecule has 0 aliphatic carbocycles. The van der Waals surface area contributed by atoms with Crippen molar-refractivity contribution in [3.8, 4) is 0 Å². The SMILES string of the molecule is CC(CC(N)=O)NCCC(=O)OC(C)(C)C. The van der Waals surface area contributed by atoms with Gasteiger partial charge in [0.15, 0.2) is 0 Å². The molecular weight excluding hydrogens is 208 g/mol. The molecule has 1 atom stereocenters. The van der Waals surface area contributed by atoms with Gasteiger partial charge in [0, 0.05) is 19.0 Å². The van der Waals surface area contributed by atoms with Crippen LogP contribution >= 0.6 is 0 Å². The molecule has 16 heavy (non-hydrogen) atoms. The lowest BCUT2D eigenvalue weighted by Crippen LogP contribution is -2.33. The Labute approximate surface area is 96.7 Å². The zero-order chi connectivity index (χ0) is 12.8. The number of nitrogens with two attached hydrogens (primary N) is 1. The summed E-state index contributed by atoms with van der Waals surface area (Å²) in [6.45, 7) is 7.82. The number of primary amides is 1. The van der Waals surface area contributed by atoms with Gasteiger partial charge in [-0.3, -0.25) is 9.59 Å². The van der Waals surface area contributed by atoms with Crippen LogP contribution in [0.5, 0.6) is 0 Å². The maximum atomic E-state index is 11.3. The minimum Gasteiger partial charge on any atom is -0.460 e. The molecule has 5 nitrogen and oxygen atoms in total. The minimum atomic E-state index is -0.448. The van der Waals surface area contributed by atoms with E-state index >= 15 is 0 Å². The Bertz CT molecular complexity index is 246. The molecule has 1 amide bonds. The number of nitrogens with one attached hydrogen (secondary N) is 1. The monoisotopic (exact) mass is 230 g/mol. The van der Waals surface area contributed by atoms with Crippen molar-refractivity contribution in [2.75, 3.05) is 6.54 Å². The maximum Gasteiger partial charge on any atom is 0.307 e. The van der Waals surface area contributed by atoms with Gasteiger partial charge in [-0.1, -0.05) is 0 Å². The number of carbonyl (C=O) groups excluding carboxylic acids is 2. The molecule has 0 aromatic heterocycles. The number of esters is 1. The number of rotatable bonds is 6. The Hall–Kier alpha value is -1.10. The highest BCUT2D eigenvalue weighted by atomic mass is 16.6. The van der Waals surface area contributed by atoms with Gasteiger partial charge in [-0.2, -0.15) is 0 Å². The first-order chi connectivity index (χ1) is 7.20. The van der Waals surface area contributed by atoms with Crippen molar-refractivity contribution in [2.45, 2.75) is 52.2 Å². The summed E-state index contributed by atoms with van der Waals surface area (Å²) < 4.78 is 5.13. The van der Waals surface area contributed by atoms with Gasteiger partial charge in [-0.05, 0) is 27.7 Å². The molecule has 94 valence electrons. The Morgan fingerprint density at radius 3 is 2.38 bits per heavy atom. The second kappa shape index (κ2) is 6.48. The molecule has 0 heterocycles. The third kappa shape index (κ3) is 9.45. The first-order valence-electron chi connectivity index (χ1n) is 5.44. The van der Waals surface area contributed by atoms with Crippen LogP contribution in [0.3, 0.4) is 0 Å². The van der Waals surface area contributed by atoms with Crippen molar-refractivity contribution < 1.29 is 14.3 Å². The smallest absolute Gasteiger partial charge is 0.307 e. The number of ether oxygens (including phenoxy) is 1. The van der Waals surface area contributed by atoms with E-state index in [0.717, 1.165) is 0 Å². The van der Waals surface area contributed by atoms with Gasteiger partial charge < -0.3 is 15.8 Å². The van der Waals surface area contributed by atoms with Gasteiger partial charge in [-0.25, -0.2) is 0 Å². The number of hydrogen-bond acceptors (Lipinski definition) is 4. The normalized spacial score (nSPS) is 13.2. The lowest BCUT2D eigenvalue weighted by atomic mass is 10.2. The lowest BCUT2D eigenvalue weighted by Gasteiger charge is -2.20. The van der Waals surface area contributed by atoms with E-state index in [9.17, 15) is 9.59 Å². The predicted octanol–water partition coefficient (Wildman–Crippen LogP) is 0.572. The molecule has 1 unspecified atom stereocenters. The summed E-state index contributed by atoms with van der Waals surface area (Å²) in [5.41, 5.74) is 4.59. The second-order valence-electron chi connectivity index (χ2n) is 4.86. The number of carbonyl (C=O) groups is 2. The van der Waals surface area contributed by atoms with Crippen LogP contribution in [0.1, 0.15) is 40.5 Å². The zero-order valence-corrected chi connectivity index (χ0v) is 10.5. The lowest BCUT2D eigenvalue weighted by molar-refractivity contribution is -0.154. The van der Waals surface area contributed by atoms with Crippen molar-refractivity contribution in [1.29, 1.82) is 0 Å². The van der Waals surface area contributed by atoms with Crippen molar-refractivity contribution in [3.63, 3.8) is 0 Å². The zero-order valence-electron chi connectivity index (χ0n) is 10.5. The van der Waals surface area contributed by atoms with E-state index < -0.39 is 5.60 Å². The van der Waals surface area contributed by atoms with E-state index in [-0.39, 0.29) is 24.3 Å². The highest BCUT2D eigenvalue weighted by Crippen LogP contribution is 2.07. The maximum absolute atomic E-state index is 11.3. The van der Waals surface area contributed by atoms with E-state index in [1.807, 2.05) is 27.7 Å². The van der Waals surface area contributed by atoms with Crippen LogP contribution < -0.4 is 11.1 Å². The molecule has 0 saturated carbocycles. The van der Waals surface area contributed by atoms with E-state index in [0.29, 0.717) is 13.0 Å². The fourth-order valence-electron chi connectivity index (χ4n) is 1.19. The Morgan fingerprint density at radius 2 is 1.94 bits per heavy atom. The summed E-state index contributed by atoms with van der Waals surface area (Å²) in [6, 6.07) is -0.0139. The van der Waals surface area contributed by atoms with E-state index in [2.05, 4.69) is 5.32 Å². The average molecular weight is 230 g/mol. The van der Waals surface area contributed by atoms with E-state index in [4.69, 9.17) is 10.5 Å². The van der Waals surface area contributed by atoms with Crippen LogP contribution in [0.15, 0.2) is 0 Å². The van der Waals surface area contributed by atoms with Crippen LogP contribution in [0, 0.1) is 0 Å². The van der Waals surface area contributed by atoms with Crippen LogP contribution in [-0.2, 0) is 14.3 Å². The third-order valence-corrected chi connectivity index (χ3v) is 1.75. The molecule has 0 bridgehead atoms. The van der Waals surface area contributed by atoms with Crippen LogP contribution in [0.4, 0.5) is 0 Å². The molecule has 0 aromatic carbocycles. The first-order valence-corrected chi connectivity index (χ1v) is 5.44. The topological polar surface area (TPSA) is 81.4 Å². The van der Waals surface area contributed by atoms with Gasteiger partial charge in [0.2, 0.25) is 5.91 Å². The molecule has 0 spiro atoms. The Morgan fingerprint density at radius 1 is 1.38 bits per heavy atom. The van der Waals surface area contributed by atoms with Crippen molar-refractivity contribution in [3.05, 3.63) is 0 Å². The second-order valence-corrected chi connectivity index (χ2v) is 4.86. The molecule has 0 radical (unpaired) electrons. The molecule has 0 rings (SSSR count). The minimum absolute atomic E-state index is 0.0139. The molecule has 0 aromatic rings. The van der Waals surface area contributed by atoms with Gasteiger partial charge in [0.1, 0.15) is 5.60 Å². The van der Waals surface area contributed by atoms with Crippen LogP contribution in [-0.4, -0.2) is 30.1 Å². The molecule has 0 fully saturated rings. The Kier molecular flexibility index (Phi) is 6.03. The van der Waals surface area contributed by atoms with Gasteiger partial charge in [0.25, 0.3) is 0 Å².